The van der Waals surface area contributed by atoms with Crippen LogP contribution in [0, 0.1) is 23.5 Å². The summed E-state index contributed by atoms with van der Waals surface area (Å²) < 4.78 is 34.6. The number of nitrogens with zero attached hydrogens (tertiary/aromatic N) is 1. The molecule has 1 saturated heterocycles. The molecule has 0 radical (unpaired) electrons. The van der Waals surface area contributed by atoms with Crippen LogP contribution in [0.15, 0.2) is 18.2 Å². The number of urea groups is 1. The highest BCUT2D eigenvalue weighted by molar-refractivity contribution is 5.74. The minimum atomic E-state index is -1.18. The summed E-state index contributed by atoms with van der Waals surface area (Å²) in [6, 6.07) is 3.85. The number of nitrogens with one attached hydrogen (secondary N) is 3. The third kappa shape index (κ3) is 8.30. The van der Waals surface area contributed by atoms with Crippen LogP contribution >= 0.6 is 0 Å². The van der Waals surface area contributed by atoms with Gasteiger partial charge in [-0.1, -0.05) is 44.2 Å². The third-order valence-electron chi connectivity index (χ3n) is 7.26. The fraction of sp³-hybridized carbons (Fsp3) is 0.692. The number of likely N-dealkylation sites (N-methyl/N-ethyl adjacent to an activating group) is 1. The molecule has 36 heavy (non-hydrogen) atoms. The lowest BCUT2D eigenvalue weighted by molar-refractivity contribution is -0.0108. The van der Waals surface area contributed by atoms with Crippen molar-refractivity contribution in [2.24, 2.45) is 11.8 Å². The number of halogens is 2. The molecule has 4 N–H and O–H groups in total. The fourth-order valence-corrected chi connectivity index (χ4v) is 5.54. The molecule has 1 saturated carbocycles. The zero-order valence-electron chi connectivity index (χ0n) is 21.1. The number of hydrogen-bond donors (Lipinski definition) is 4. The van der Waals surface area contributed by atoms with Gasteiger partial charge >= 0.3 is 12.1 Å². The van der Waals surface area contributed by atoms with E-state index in [2.05, 4.69) is 16.0 Å². The summed E-state index contributed by atoms with van der Waals surface area (Å²) >= 11 is 0. The molecule has 1 aliphatic heterocycles. The molecule has 10 heteroatoms. The maximum atomic E-state index is 14.7. The number of carboxylic acid groups (broad SMARTS) is 1. The van der Waals surface area contributed by atoms with Crippen molar-refractivity contribution in [2.75, 3.05) is 39.8 Å². The molecule has 1 aliphatic carbocycles. The Balaban J connectivity index is 1.66. The molecular weight excluding hydrogens is 470 g/mol. The van der Waals surface area contributed by atoms with Crippen LogP contribution in [-0.2, 0) is 4.74 Å². The fourth-order valence-electron chi connectivity index (χ4n) is 5.54. The molecule has 0 bridgehead atoms. The monoisotopic (exact) mass is 510 g/mol. The van der Waals surface area contributed by atoms with Gasteiger partial charge in [0.2, 0.25) is 0 Å². The standard InChI is InChI=1S/C26H40F2N4O4/c1-29-16-20(15-18-7-3-2-4-8-18)31-25(33)32-13-6-9-19(17-32)24(36-14-12-30-26(34)35)21-10-5-11-22(27)23(21)28/h5,10-11,18-20,24,29-30H,2-4,6-9,12-17H2,1H3,(H,31,33)(H,34,35)/t19-,20+,24-/m1/s1. The summed E-state index contributed by atoms with van der Waals surface area (Å²) in [4.78, 5) is 25.7. The van der Waals surface area contributed by atoms with Gasteiger partial charge < -0.3 is 30.7 Å². The number of amides is 3. The Morgan fingerprint density at radius 3 is 2.67 bits per heavy atom. The van der Waals surface area contributed by atoms with Gasteiger partial charge in [-0.25, -0.2) is 18.4 Å². The Labute approximate surface area is 212 Å². The SMILES string of the molecule is CNC[C@H](CC1CCCCC1)NC(=O)N1CCC[C@@H]([C@@H](OCCNC(=O)O)c2cccc(F)c2F)C1. The van der Waals surface area contributed by atoms with Crippen molar-refractivity contribution in [2.45, 2.75) is 63.5 Å². The second kappa shape index (κ2) is 14.3. The minimum absolute atomic E-state index is 0.00124. The molecule has 3 amide bonds. The highest BCUT2D eigenvalue weighted by Gasteiger charge is 2.34. The Hall–Kier alpha value is -2.46. The van der Waals surface area contributed by atoms with Crippen LogP contribution < -0.4 is 16.0 Å². The number of piperidine rings is 1. The first kappa shape index (κ1) is 28.1. The van der Waals surface area contributed by atoms with Crippen molar-refractivity contribution in [1.82, 2.24) is 20.9 Å². The maximum absolute atomic E-state index is 14.7. The summed E-state index contributed by atoms with van der Waals surface area (Å²) in [5.74, 6) is -1.57. The lowest BCUT2D eigenvalue weighted by Crippen LogP contribution is -2.52. The number of benzene rings is 1. The first-order valence-corrected chi connectivity index (χ1v) is 13.1. The molecule has 1 aromatic carbocycles. The van der Waals surface area contributed by atoms with E-state index in [1.54, 1.807) is 4.90 Å². The summed E-state index contributed by atoms with van der Waals surface area (Å²) in [7, 11) is 1.88. The number of likely N-dealkylation sites (tertiary alicyclic amines) is 1. The lowest BCUT2D eigenvalue weighted by atomic mass is 9.85. The van der Waals surface area contributed by atoms with E-state index in [4.69, 9.17) is 9.84 Å². The second-order valence-corrected chi connectivity index (χ2v) is 9.96. The predicted molar refractivity (Wildman–Crippen MR) is 133 cm³/mol. The van der Waals surface area contributed by atoms with Gasteiger partial charge in [-0.2, -0.15) is 0 Å². The van der Waals surface area contributed by atoms with Crippen LogP contribution in [0.3, 0.4) is 0 Å². The maximum Gasteiger partial charge on any atom is 0.404 e. The van der Waals surface area contributed by atoms with Crippen LogP contribution in [-0.4, -0.2) is 68.0 Å². The molecule has 1 heterocycles. The highest BCUT2D eigenvalue weighted by Crippen LogP contribution is 2.35. The first-order chi connectivity index (χ1) is 17.4. The lowest BCUT2D eigenvalue weighted by Gasteiger charge is -2.38. The molecule has 0 aromatic heterocycles. The van der Waals surface area contributed by atoms with Crippen molar-refractivity contribution >= 4 is 12.1 Å². The number of hydrogen-bond acceptors (Lipinski definition) is 4. The van der Waals surface area contributed by atoms with Crippen LogP contribution in [0.4, 0.5) is 18.4 Å². The zero-order valence-corrected chi connectivity index (χ0v) is 21.1. The van der Waals surface area contributed by atoms with E-state index in [0.29, 0.717) is 38.4 Å². The smallest absolute Gasteiger partial charge is 0.404 e. The molecule has 3 rings (SSSR count). The highest BCUT2D eigenvalue weighted by atomic mass is 19.2. The van der Waals surface area contributed by atoms with Gasteiger partial charge in [0.05, 0.1) is 12.7 Å². The van der Waals surface area contributed by atoms with E-state index in [1.807, 2.05) is 7.05 Å². The van der Waals surface area contributed by atoms with E-state index in [-0.39, 0.29) is 36.7 Å². The number of carbonyl (C=O) groups is 2. The van der Waals surface area contributed by atoms with Crippen molar-refractivity contribution in [3.63, 3.8) is 0 Å². The van der Waals surface area contributed by atoms with Crippen LogP contribution in [0.25, 0.3) is 0 Å². The summed E-state index contributed by atoms with van der Waals surface area (Å²) in [6.07, 6.45) is 6.54. The Kier molecular flexibility index (Phi) is 11.2. The van der Waals surface area contributed by atoms with E-state index in [9.17, 15) is 18.4 Å². The molecule has 202 valence electrons. The molecule has 2 fully saturated rings. The normalized spacial score (nSPS) is 20.5. The molecule has 1 aromatic rings. The second-order valence-electron chi connectivity index (χ2n) is 9.96. The summed E-state index contributed by atoms with van der Waals surface area (Å²) in [6.45, 7) is 1.63. The van der Waals surface area contributed by atoms with Gasteiger partial charge in [-0.05, 0) is 38.3 Å². The molecule has 0 unspecified atom stereocenters. The minimum Gasteiger partial charge on any atom is -0.465 e. The average molecular weight is 511 g/mol. The van der Waals surface area contributed by atoms with Crippen molar-refractivity contribution in [1.29, 1.82) is 0 Å². The quantitative estimate of drug-likeness (QED) is 0.333. The Morgan fingerprint density at radius 2 is 1.94 bits per heavy atom. The van der Waals surface area contributed by atoms with E-state index in [0.717, 1.165) is 12.5 Å². The van der Waals surface area contributed by atoms with Crippen molar-refractivity contribution in [3.05, 3.63) is 35.4 Å². The van der Waals surface area contributed by atoms with Gasteiger partial charge in [-0.15, -0.1) is 0 Å². The predicted octanol–water partition coefficient (Wildman–Crippen LogP) is 4.27. The van der Waals surface area contributed by atoms with Crippen molar-refractivity contribution < 1.29 is 28.2 Å². The van der Waals surface area contributed by atoms with Gasteiger partial charge in [-0.3, -0.25) is 0 Å². The number of rotatable bonds is 11. The molecule has 8 nitrogen and oxygen atoms in total. The molecule has 0 spiro atoms. The zero-order chi connectivity index (χ0) is 25.9. The third-order valence-corrected chi connectivity index (χ3v) is 7.26. The van der Waals surface area contributed by atoms with E-state index >= 15 is 0 Å². The molecule has 3 atom stereocenters. The largest absolute Gasteiger partial charge is 0.465 e. The van der Waals surface area contributed by atoms with Gasteiger partial charge in [0.15, 0.2) is 11.6 Å². The van der Waals surface area contributed by atoms with Gasteiger partial charge in [0.1, 0.15) is 0 Å². The van der Waals surface area contributed by atoms with Gasteiger partial charge in [0, 0.05) is 43.7 Å². The average Bonchev–Trinajstić information content (AvgIpc) is 2.87. The van der Waals surface area contributed by atoms with Gasteiger partial charge in [0.25, 0.3) is 0 Å². The number of ether oxygens (including phenoxy) is 1. The molecule has 2 aliphatic rings. The van der Waals surface area contributed by atoms with E-state index in [1.165, 1.54) is 44.2 Å². The van der Waals surface area contributed by atoms with E-state index < -0.39 is 23.8 Å². The molecular formula is C26H40F2N4O4. The Bertz CT molecular complexity index is 853. The van der Waals surface area contributed by atoms with Crippen LogP contribution in [0.1, 0.15) is 63.0 Å². The first-order valence-electron chi connectivity index (χ1n) is 13.1. The Morgan fingerprint density at radius 1 is 1.17 bits per heavy atom. The van der Waals surface area contributed by atoms with Crippen LogP contribution in [0.2, 0.25) is 0 Å². The topological polar surface area (TPSA) is 103 Å². The van der Waals surface area contributed by atoms with Crippen LogP contribution in [0.5, 0.6) is 0 Å². The number of carbonyl (C=O) groups excluding carboxylic acids is 1. The van der Waals surface area contributed by atoms with Crippen molar-refractivity contribution in [3.8, 4) is 0 Å². The summed E-state index contributed by atoms with van der Waals surface area (Å²) in [5, 5.41) is 17.4. The summed E-state index contributed by atoms with van der Waals surface area (Å²) in [5.41, 5.74) is 0.0861.